The van der Waals surface area contributed by atoms with Crippen LogP contribution in [0.3, 0.4) is 0 Å². The Morgan fingerprint density at radius 1 is 1.27 bits per heavy atom. The Labute approximate surface area is 129 Å². The molecule has 120 valence electrons. The molecule has 0 radical (unpaired) electrons. The van der Waals surface area contributed by atoms with Gasteiger partial charge >= 0.3 is 5.97 Å². The van der Waals surface area contributed by atoms with Crippen LogP contribution in [-0.4, -0.2) is 47.9 Å². The lowest BCUT2D eigenvalue weighted by atomic mass is 10.0. The summed E-state index contributed by atoms with van der Waals surface area (Å²) < 4.78 is 5.22. The van der Waals surface area contributed by atoms with E-state index in [4.69, 9.17) is 9.84 Å². The number of Topliss-reactive ketones (excluding diaryl/α,β-unsaturated/α-hetero) is 1. The molecule has 1 N–H and O–H groups in total. The SMILES string of the molecule is CCN(CCC(=O)O)C(=O)Cc1cc(C(C)=O)ccc1OC. The number of ether oxygens (including phenoxy) is 1. The van der Waals surface area contributed by atoms with Crippen LogP contribution < -0.4 is 4.74 Å². The van der Waals surface area contributed by atoms with Crippen molar-refractivity contribution in [3.8, 4) is 5.75 Å². The zero-order valence-corrected chi connectivity index (χ0v) is 13.1. The standard InChI is InChI=1S/C16H21NO5/c1-4-17(8-7-16(20)21)15(19)10-13-9-12(11(2)18)5-6-14(13)22-3/h5-6,9H,4,7-8,10H2,1-3H3,(H,20,21). The molecule has 0 atom stereocenters. The summed E-state index contributed by atoms with van der Waals surface area (Å²) in [7, 11) is 1.50. The molecule has 0 unspecified atom stereocenters. The molecule has 0 aliphatic heterocycles. The molecule has 1 amide bonds. The first-order valence-corrected chi connectivity index (χ1v) is 7.06. The minimum absolute atomic E-state index is 0.0672. The number of hydrogen-bond acceptors (Lipinski definition) is 4. The molecule has 1 rings (SSSR count). The lowest BCUT2D eigenvalue weighted by Gasteiger charge is -2.20. The number of carbonyl (C=O) groups is 3. The predicted molar refractivity (Wildman–Crippen MR) is 81.2 cm³/mol. The van der Waals surface area contributed by atoms with Crippen LogP contribution in [0, 0.1) is 0 Å². The molecule has 6 heteroatoms. The maximum Gasteiger partial charge on any atom is 0.305 e. The Bertz CT molecular complexity index is 568. The minimum atomic E-state index is -0.942. The molecule has 0 spiro atoms. The first-order valence-electron chi connectivity index (χ1n) is 7.06. The van der Waals surface area contributed by atoms with Crippen molar-refractivity contribution in [1.29, 1.82) is 0 Å². The van der Waals surface area contributed by atoms with E-state index in [9.17, 15) is 14.4 Å². The van der Waals surface area contributed by atoms with Gasteiger partial charge in [-0.05, 0) is 32.0 Å². The first kappa shape index (κ1) is 17.7. The maximum atomic E-state index is 12.3. The van der Waals surface area contributed by atoms with Crippen molar-refractivity contribution < 1.29 is 24.2 Å². The lowest BCUT2D eigenvalue weighted by molar-refractivity contribution is -0.138. The number of aliphatic carboxylic acids is 1. The highest BCUT2D eigenvalue weighted by molar-refractivity contribution is 5.94. The molecule has 6 nitrogen and oxygen atoms in total. The number of benzene rings is 1. The second-order valence-corrected chi connectivity index (χ2v) is 4.88. The Balaban J connectivity index is 2.91. The van der Waals surface area contributed by atoms with E-state index in [1.54, 1.807) is 25.1 Å². The molecule has 0 aromatic heterocycles. The molecule has 0 aliphatic carbocycles. The number of nitrogens with zero attached hydrogens (tertiary/aromatic N) is 1. The van der Waals surface area contributed by atoms with Gasteiger partial charge in [0.2, 0.25) is 5.91 Å². The third-order valence-corrected chi connectivity index (χ3v) is 3.36. The number of ketones is 1. The highest BCUT2D eigenvalue weighted by Crippen LogP contribution is 2.21. The Morgan fingerprint density at radius 2 is 1.95 bits per heavy atom. The highest BCUT2D eigenvalue weighted by atomic mass is 16.5. The number of carbonyl (C=O) groups excluding carboxylic acids is 2. The number of amides is 1. The van der Waals surface area contributed by atoms with Gasteiger partial charge in [-0.2, -0.15) is 0 Å². The fourth-order valence-electron chi connectivity index (χ4n) is 2.10. The van der Waals surface area contributed by atoms with E-state index in [1.165, 1.54) is 18.9 Å². The molecule has 0 fully saturated rings. The van der Waals surface area contributed by atoms with Gasteiger partial charge in [0.25, 0.3) is 0 Å². The van der Waals surface area contributed by atoms with Crippen LogP contribution in [0.1, 0.15) is 36.2 Å². The Hall–Kier alpha value is -2.37. The van der Waals surface area contributed by atoms with Gasteiger partial charge in [-0.1, -0.05) is 0 Å². The van der Waals surface area contributed by atoms with Crippen molar-refractivity contribution in [3.05, 3.63) is 29.3 Å². The number of likely N-dealkylation sites (N-methyl/N-ethyl adjacent to an activating group) is 1. The van der Waals surface area contributed by atoms with Gasteiger partial charge in [0.15, 0.2) is 5.78 Å². The first-order chi connectivity index (χ1) is 10.4. The Morgan fingerprint density at radius 3 is 2.45 bits per heavy atom. The van der Waals surface area contributed by atoms with Gasteiger partial charge in [0.05, 0.1) is 20.0 Å². The minimum Gasteiger partial charge on any atom is -0.496 e. The Kier molecular flexibility index (Phi) is 6.56. The number of methoxy groups -OCH3 is 1. The summed E-state index contributed by atoms with van der Waals surface area (Å²) in [5.41, 5.74) is 1.13. The number of carboxylic acid groups (broad SMARTS) is 1. The van der Waals surface area contributed by atoms with Crippen molar-refractivity contribution in [1.82, 2.24) is 4.90 Å². The molecule has 1 aromatic carbocycles. The summed E-state index contributed by atoms with van der Waals surface area (Å²) in [6.45, 7) is 3.85. The second kappa shape index (κ2) is 8.17. The molecule has 0 bridgehead atoms. The fraction of sp³-hybridized carbons (Fsp3) is 0.438. The maximum absolute atomic E-state index is 12.3. The second-order valence-electron chi connectivity index (χ2n) is 4.88. The third-order valence-electron chi connectivity index (χ3n) is 3.36. The van der Waals surface area contributed by atoms with Crippen LogP contribution in [0.25, 0.3) is 0 Å². The third kappa shape index (κ3) is 4.87. The van der Waals surface area contributed by atoms with Gasteiger partial charge in [-0.3, -0.25) is 14.4 Å². The molecule has 1 aromatic rings. The van der Waals surface area contributed by atoms with Crippen LogP contribution in [0.4, 0.5) is 0 Å². The van der Waals surface area contributed by atoms with Gasteiger partial charge in [0, 0.05) is 24.2 Å². The van der Waals surface area contributed by atoms with E-state index in [0.717, 1.165) is 0 Å². The zero-order valence-electron chi connectivity index (χ0n) is 13.1. The predicted octanol–water partition coefficient (Wildman–Crippen LogP) is 1.76. The van der Waals surface area contributed by atoms with Crippen molar-refractivity contribution in [2.45, 2.75) is 26.7 Å². The molecule has 0 saturated carbocycles. The van der Waals surface area contributed by atoms with E-state index in [1.807, 2.05) is 0 Å². The number of carboxylic acids is 1. The van der Waals surface area contributed by atoms with Gasteiger partial charge in [-0.15, -0.1) is 0 Å². The zero-order chi connectivity index (χ0) is 16.7. The topological polar surface area (TPSA) is 83.9 Å². The highest BCUT2D eigenvalue weighted by Gasteiger charge is 2.17. The molecular formula is C16H21NO5. The van der Waals surface area contributed by atoms with E-state index in [0.29, 0.717) is 23.4 Å². The average molecular weight is 307 g/mol. The monoisotopic (exact) mass is 307 g/mol. The van der Waals surface area contributed by atoms with Gasteiger partial charge < -0.3 is 14.7 Å². The van der Waals surface area contributed by atoms with Crippen LogP contribution in [0.5, 0.6) is 5.75 Å². The van der Waals surface area contributed by atoms with Crippen molar-refractivity contribution >= 4 is 17.7 Å². The molecule has 0 heterocycles. The van der Waals surface area contributed by atoms with E-state index in [-0.39, 0.29) is 31.1 Å². The van der Waals surface area contributed by atoms with Gasteiger partial charge in [0.1, 0.15) is 5.75 Å². The summed E-state index contributed by atoms with van der Waals surface area (Å²) >= 11 is 0. The van der Waals surface area contributed by atoms with Crippen LogP contribution in [0.15, 0.2) is 18.2 Å². The average Bonchev–Trinajstić information content (AvgIpc) is 2.47. The lowest BCUT2D eigenvalue weighted by Crippen LogP contribution is -2.34. The molecular weight excluding hydrogens is 286 g/mol. The molecule has 0 aliphatic rings. The number of hydrogen-bond donors (Lipinski definition) is 1. The van der Waals surface area contributed by atoms with Gasteiger partial charge in [-0.25, -0.2) is 0 Å². The summed E-state index contributed by atoms with van der Waals surface area (Å²) in [6, 6.07) is 4.95. The van der Waals surface area contributed by atoms with Crippen molar-refractivity contribution in [2.24, 2.45) is 0 Å². The summed E-state index contributed by atoms with van der Waals surface area (Å²) in [6.07, 6.45) is -0.0258. The summed E-state index contributed by atoms with van der Waals surface area (Å²) in [5.74, 6) is -0.688. The van der Waals surface area contributed by atoms with E-state index in [2.05, 4.69) is 0 Å². The van der Waals surface area contributed by atoms with Crippen LogP contribution in [0.2, 0.25) is 0 Å². The normalized spacial score (nSPS) is 10.1. The quantitative estimate of drug-likeness (QED) is 0.740. The van der Waals surface area contributed by atoms with E-state index < -0.39 is 5.97 Å². The van der Waals surface area contributed by atoms with Crippen molar-refractivity contribution in [2.75, 3.05) is 20.2 Å². The van der Waals surface area contributed by atoms with Crippen LogP contribution in [-0.2, 0) is 16.0 Å². The van der Waals surface area contributed by atoms with E-state index >= 15 is 0 Å². The smallest absolute Gasteiger partial charge is 0.305 e. The molecule has 22 heavy (non-hydrogen) atoms. The fourth-order valence-corrected chi connectivity index (χ4v) is 2.10. The summed E-state index contributed by atoms with van der Waals surface area (Å²) in [4.78, 5) is 35.9. The largest absolute Gasteiger partial charge is 0.496 e. The summed E-state index contributed by atoms with van der Waals surface area (Å²) in [5, 5.41) is 8.71. The molecule has 0 saturated heterocycles. The number of rotatable bonds is 8. The van der Waals surface area contributed by atoms with Crippen LogP contribution >= 0.6 is 0 Å². The van der Waals surface area contributed by atoms with Crippen molar-refractivity contribution in [3.63, 3.8) is 0 Å².